The summed E-state index contributed by atoms with van der Waals surface area (Å²) < 4.78 is 0. The molecule has 3 aromatic rings. The summed E-state index contributed by atoms with van der Waals surface area (Å²) in [4.78, 5) is 11.0. The first-order valence-electron chi connectivity index (χ1n) is 6.48. The Morgan fingerprint density at radius 3 is 2.45 bits per heavy atom. The third kappa shape index (κ3) is 2.16. The van der Waals surface area contributed by atoms with Gasteiger partial charge in [-0.15, -0.1) is 0 Å². The summed E-state index contributed by atoms with van der Waals surface area (Å²) >= 11 is 0. The van der Waals surface area contributed by atoms with E-state index in [9.17, 15) is 9.90 Å². The van der Waals surface area contributed by atoms with Crippen molar-refractivity contribution < 1.29 is 9.90 Å². The maximum Gasteiger partial charge on any atom is 0.156 e. The lowest BCUT2D eigenvalue weighted by atomic mass is 9.99. The molecule has 3 rings (SSSR count). The summed E-state index contributed by atoms with van der Waals surface area (Å²) in [5.74, 6) is -0.159. The zero-order valence-electron chi connectivity index (χ0n) is 11.1. The predicted octanol–water partition coefficient (Wildman–Crippen LogP) is 4.48. The molecule has 0 fully saturated rings. The Morgan fingerprint density at radius 1 is 0.950 bits per heavy atom. The van der Waals surface area contributed by atoms with E-state index in [0.29, 0.717) is 5.56 Å². The van der Waals surface area contributed by atoms with Gasteiger partial charge in [-0.3, -0.25) is 4.79 Å². The Hall–Kier alpha value is -2.61. The van der Waals surface area contributed by atoms with E-state index in [1.165, 1.54) is 23.8 Å². The Kier molecular flexibility index (Phi) is 2.99. The van der Waals surface area contributed by atoms with Gasteiger partial charge in [-0.2, -0.15) is 0 Å². The van der Waals surface area contributed by atoms with Crippen molar-refractivity contribution in [2.24, 2.45) is 0 Å². The molecule has 0 spiro atoms. The summed E-state index contributed by atoms with van der Waals surface area (Å²) in [5.41, 5.74) is 0.656. The molecule has 2 heteroatoms. The van der Waals surface area contributed by atoms with Crippen LogP contribution >= 0.6 is 0 Å². The normalized spacial score (nSPS) is 11.9. The van der Waals surface area contributed by atoms with Gasteiger partial charge in [0.15, 0.2) is 5.78 Å². The molecule has 0 radical (unpaired) electrons. The molecule has 0 unspecified atom stereocenters. The van der Waals surface area contributed by atoms with Crippen molar-refractivity contribution in [3.63, 3.8) is 0 Å². The minimum absolute atomic E-state index is 0.00700. The first kappa shape index (κ1) is 12.4. The van der Waals surface area contributed by atoms with Crippen LogP contribution in [0.3, 0.4) is 0 Å². The van der Waals surface area contributed by atoms with Crippen LogP contribution in [0.1, 0.15) is 12.5 Å². The summed E-state index contributed by atoms with van der Waals surface area (Å²) in [6.07, 6.45) is 1.24. The van der Waals surface area contributed by atoms with Gasteiger partial charge in [0, 0.05) is 11.6 Å². The lowest BCUT2D eigenvalue weighted by Crippen LogP contribution is -1.89. The highest BCUT2D eigenvalue weighted by molar-refractivity contribution is 6.08. The molecular weight excluding hydrogens is 248 g/mol. The van der Waals surface area contributed by atoms with Gasteiger partial charge in [-0.1, -0.05) is 48.5 Å². The van der Waals surface area contributed by atoms with Crippen molar-refractivity contribution in [2.45, 2.75) is 6.92 Å². The lowest BCUT2D eigenvalue weighted by molar-refractivity contribution is -0.112. The van der Waals surface area contributed by atoms with E-state index in [1.807, 2.05) is 36.4 Å². The van der Waals surface area contributed by atoms with Crippen molar-refractivity contribution in [1.29, 1.82) is 0 Å². The fourth-order valence-corrected chi connectivity index (χ4v) is 2.45. The molecule has 98 valence electrons. The summed E-state index contributed by atoms with van der Waals surface area (Å²) in [7, 11) is 0. The largest absolute Gasteiger partial charge is 0.507 e. The number of hydrogen-bond acceptors (Lipinski definition) is 2. The van der Waals surface area contributed by atoms with Crippen molar-refractivity contribution in [2.75, 3.05) is 0 Å². The van der Waals surface area contributed by atoms with Gasteiger partial charge in [0.2, 0.25) is 0 Å². The Bertz CT molecular complexity index is 844. The zero-order chi connectivity index (χ0) is 14.1. The van der Waals surface area contributed by atoms with Gasteiger partial charge in [0.25, 0.3) is 0 Å². The van der Waals surface area contributed by atoms with Crippen molar-refractivity contribution >= 4 is 33.1 Å². The molecule has 3 aromatic carbocycles. The van der Waals surface area contributed by atoms with Crippen LogP contribution in [0.4, 0.5) is 0 Å². The van der Waals surface area contributed by atoms with Crippen LogP contribution < -0.4 is 0 Å². The van der Waals surface area contributed by atoms with E-state index in [4.69, 9.17) is 0 Å². The highest BCUT2D eigenvalue weighted by Gasteiger charge is 2.04. The highest BCUT2D eigenvalue weighted by Crippen LogP contribution is 2.27. The maximum atomic E-state index is 11.0. The first-order valence-corrected chi connectivity index (χ1v) is 6.48. The third-order valence-corrected chi connectivity index (χ3v) is 3.38. The summed E-state index contributed by atoms with van der Waals surface area (Å²) in [6, 6.07) is 18.0. The second kappa shape index (κ2) is 4.82. The van der Waals surface area contributed by atoms with E-state index in [-0.39, 0.29) is 11.5 Å². The molecule has 0 saturated carbocycles. The molecule has 0 heterocycles. The lowest BCUT2D eigenvalue weighted by Gasteiger charge is -2.06. The van der Waals surface area contributed by atoms with Crippen molar-refractivity contribution in [1.82, 2.24) is 0 Å². The number of aliphatic hydroxyl groups is 1. The quantitative estimate of drug-likeness (QED) is 0.420. The molecule has 0 amide bonds. The molecule has 2 nitrogen and oxygen atoms in total. The monoisotopic (exact) mass is 262 g/mol. The number of hydrogen-bond donors (Lipinski definition) is 1. The fraction of sp³-hybridized carbons (Fsp3) is 0.0556. The van der Waals surface area contributed by atoms with Crippen LogP contribution in [-0.2, 0) is 4.79 Å². The first-order chi connectivity index (χ1) is 9.65. The van der Waals surface area contributed by atoms with Crippen LogP contribution in [0.25, 0.3) is 27.3 Å². The molecule has 0 aliphatic heterocycles. The van der Waals surface area contributed by atoms with E-state index in [1.54, 1.807) is 0 Å². The van der Waals surface area contributed by atoms with Crippen molar-refractivity contribution in [3.8, 4) is 0 Å². The van der Waals surface area contributed by atoms with Gasteiger partial charge in [-0.05, 0) is 34.5 Å². The number of carbonyl (C=O) groups excluding carboxylic acids is 1. The van der Waals surface area contributed by atoms with Gasteiger partial charge < -0.3 is 5.11 Å². The van der Waals surface area contributed by atoms with Crippen LogP contribution in [0.15, 0.2) is 60.7 Å². The Morgan fingerprint density at radius 2 is 1.65 bits per heavy atom. The smallest absolute Gasteiger partial charge is 0.156 e. The van der Waals surface area contributed by atoms with Crippen LogP contribution in [0, 0.1) is 0 Å². The topological polar surface area (TPSA) is 37.3 Å². The van der Waals surface area contributed by atoms with Gasteiger partial charge in [0.05, 0.1) is 0 Å². The summed E-state index contributed by atoms with van der Waals surface area (Å²) in [6.45, 7) is 1.42. The number of fused-ring (bicyclic) bond motifs is 3. The fourth-order valence-electron chi connectivity index (χ4n) is 2.45. The molecule has 0 saturated heterocycles. The predicted molar refractivity (Wildman–Crippen MR) is 82.7 cm³/mol. The molecule has 0 aromatic heterocycles. The van der Waals surface area contributed by atoms with Gasteiger partial charge in [-0.25, -0.2) is 0 Å². The average Bonchev–Trinajstić information content (AvgIpc) is 2.45. The minimum atomic E-state index is -0.166. The van der Waals surface area contributed by atoms with Crippen LogP contribution in [0.2, 0.25) is 0 Å². The number of aliphatic hydroxyl groups excluding tert-OH is 1. The maximum absolute atomic E-state index is 11.0. The van der Waals surface area contributed by atoms with Crippen molar-refractivity contribution in [3.05, 3.63) is 66.2 Å². The molecular formula is C18H14O2. The van der Waals surface area contributed by atoms with Gasteiger partial charge >= 0.3 is 0 Å². The molecule has 0 atom stereocenters. The van der Waals surface area contributed by atoms with E-state index < -0.39 is 0 Å². The number of benzene rings is 3. The van der Waals surface area contributed by atoms with E-state index in [2.05, 4.69) is 18.2 Å². The molecule has 0 aliphatic carbocycles. The third-order valence-electron chi connectivity index (χ3n) is 3.38. The minimum Gasteiger partial charge on any atom is -0.507 e. The molecule has 0 aliphatic rings. The molecule has 1 N–H and O–H groups in total. The summed E-state index contributed by atoms with van der Waals surface area (Å²) in [5, 5.41) is 14.5. The zero-order valence-corrected chi connectivity index (χ0v) is 11.1. The number of ketones is 1. The second-order valence-corrected chi connectivity index (χ2v) is 4.86. The second-order valence-electron chi connectivity index (χ2n) is 4.86. The van der Waals surface area contributed by atoms with Crippen LogP contribution in [-0.4, -0.2) is 10.9 Å². The molecule has 20 heavy (non-hydrogen) atoms. The molecule has 0 bridgehead atoms. The average molecular weight is 262 g/mol. The van der Waals surface area contributed by atoms with Crippen LogP contribution in [0.5, 0.6) is 0 Å². The van der Waals surface area contributed by atoms with E-state index in [0.717, 1.165) is 10.8 Å². The highest BCUT2D eigenvalue weighted by atomic mass is 16.3. The number of rotatable bonds is 2. The standard InChI is InChI=1S/C18H14O2/c1-12(19)10-18(20)15-8-9-17-14(11-15)7-6-13-4-2-3-5-16(13)17/h2-11,20H,1H3/b18-10-. The van der Waals surface area contributed by atoms with E-state index >= 15 is 0 Å². The Balaban J connectivity index is 2.23. The number of allylic oxidation sites excluding steroid dienone is 1. The number of carbonyl (C=O) groups is 1. The van der Waals surface area contributed by atoms with Gasteiger partial charge in [0.1, 0.15) is 5.76 Å². The SMILES string of the molecule is CC(=O)/C=C(\O)c1ccc2c(ccc3ccccc32)c1. The Labute approximate surface area is 117 Å².